The van der Waals surface area contributed by atoms with E-state index in [0.29, 0.717) is 31.3 Å². The number of aryl methyl sites for hydroxylation is 1. The summed E-state index contributed by atoms with van der Waals surface area (Å²) in [6, 6.07) is 1.84. The molecule has 0 atom stereocenters. The minimum atomic E-state index is 0.485. The number of aromatic nitrogens is 5. The first-order valence-electron chi connectivity index (χ1n) is 7.01. The number of nitrogen functional groups attached to an aromatic ring is 1. The van der Waals surface area contributed by atoms with E-state index in [9.17, 15) is 0 Å². The number of rotatable bonds is 1. The highest BCUT2D eigenvalue weighted by atomic mass is 16.5. The number of pyridine rings is 1. The van der Waals surface area contributed by atoms with Crippen molar-refractivity contribution < 1.29 is 4.74 Å². The molecule has 4 rings (SSSR count). The Morgan fingerprint density at radius 3 is 3.18 bits per heavy atom. The first-order valence-corrected chi connectivity index (χ1v) is 7.01. The van der Waals surface area contributed by atoms with E-state index in [-0.39, 0.29) is 0 Å². The summed E-state index contributed by atoms with van der Waals surface area (Å²) >= 11 is 0. The average molecular weight is 297 g/mol. The first-order chi connectivity index (χ1) is 10.7. The largest absolute Gasteiger partial charge is 0.491 e. The van der Waals surface area contributed by atoms with Gasteiger partial charge >= 0.3 is 0 Å². The SMILES string of the molecule is Cc1nc(N2CCOc3ccnc(N)c3C2)c2cn[nH]c2n1. The van der Waals surface area contributed by atoms with E-state index in [0.717, 1.165) is 28.2 Å². The highest BCUT2D eigenvalue weighted by Gasteiger charge is 2.21. The van der Waals surface area contributed by atoms with Crippen molar-refractivity contribution in [2.45, 2.75) is 13.5 Å². The first kappa shape index (κ1) is 12.8. The number of nitrogens with two attached hydrogens (primary N) is 1. The number of ether oxygens (including phenoxy) is 1. The Morgan fingerprint density at radius 2 is 2.27 bits per heavy atom. The van der Waals surface area contributed by atoms with Crippen LogP contribution in [-0.2, 0) is 6.54 Å². The molecular weight excluding hydrogens is 282 g/mol. The molecule has 0 spiro atoms. The summed E-state index contributed by atoms with van der Waals surface area (Å²) in [5, 5.41) is 7.84. The van der Waals surface area contributed by atoms with Gasteiger partial charge in [0.25, 0.3) is 0 Å². The number of anilines is 2. The fourth-order valence-corrected chi connectivity index (χ4v) is 2.67. The van der Waals surface area contributed by atoms with Gasteiger partial charge in [-0.2, -0.15) is 5.10 Å². The maximum atomic E-state index is 6.00. The Bertz CT molecular complexity index is 844. The molecule has 0 saturated heterocycles. The van der Waals surface area contributed by atoms with E-state index in [4.69, 9.17) is 10.5 Å². The van der Waals surface area contributed by atoms with Gasteiger partial charge in [-0.15, -0.1) is 0 Å². The quantitative estimate of drug-likeness (QED) is 0.691. The number of hydrogen-bond acceptors (Lipinski definition) is 7. The molecule has 0 unspecified atom stereocenters. The van der Waals surface area contributed by atoms with Gasteiger partial charge in [0.1, 0.15) is 29.8 Å². The highest BCUT2D eigenvalue weighted by Crippen LogP contribution is 2.30. The zero-order valence-electron chi connectivity index (χ0n) is 12.1. The van der Waals surface area contributed by atoms with E-state index >= 15 is 0 Å². The van der Waals surface area contributed by atoms with Crippen LogP contribution in [0, 0.1) is 6.92 Å². The molecule has 112 valence electrons. The Hall–Kier alpha value is -2.90. The van der Waals surface area contributed by atoms with Gasteiger partial charge in [-0.25, -0.2) is 15.0 Å². The zero-order valence-corrected chi connectivity index (χ0v) is 12.1. The zero-order chi connectivity index (χ0) is 15.1. The molecular formula is C14H15N7O. The third kappa shape index (κ3) is 2.00. The Balaban J connectivity index is 1.82. The maximum Gasteiger partial charge on any atom is 0.161 e. The van der Waals surface area contributed by atoms with E-state index < -0.39 is 0 Å². The second-order valence-corrected chi connectivity index (χ2v) is 5.17. The van der Waals surface area contributed by atoms with Crippen molar-refractivity contribution in [3.05, 3.63) is 29.8 Å². The van der Waals surface area contributed by atoms with Crippen molar-refractivity contribution in [3.8, 4) is 5.75 Å². The fourth-order valence-electron chi connectivity index (χ4n) is 2.67. The molecule has 8 heteroatoms. The summed E-state index contributed by atoms with van der Waals surface area (Å²) < 4.78 is 5.78. The van der Waals surface area contributed by atoms with Gasteiger partial charge in [0.15, 0.2) is 5.65 Å². The predicted molar refractivity (Wildman–Crippen MR) is 81.6 cm³/mol. The molecule has 0 radical (unpaired) electrons. The molecule has 0 amide bonds. The lowest BCUT2D eigenvalue weighted by Gasteiger charge is -2.22. The second kappa shape index (κ2) is 4.83. The predicted octanol–water partition coefficient (Wildman–Crippen LogP) is 1.04. The third-order valence-corrected chi connectivity index (χ3v) is 3.71. The van der Waals surface area contributed by atoms with Gasteiger partial charge in [-0.3, -0.25) is 5.10 Å². The van der Waals surface area contributed by atoms with Gasteiger partial charge in [-0.1, -0.05) is 0 Å². The summed E-state index contributed by atoms with van der Waals surface area (Å²) in [5.74, 6) is 2.79. The van der Waals surface area contributed by atoms with Crippen LogP contribution in [0.2, 0.25) is 0 Å². The van der Waals surface area contributed by atoms with Crippen molar-refractivity contribution in [2.24, 2.45) is 0 Å². The van der Waals surface area contributed by atoms with Crippen molar-refractivity contribution in [1.82, 2.24) is 25.1 Å². The Morgan fingerprint density at radius 1 is 1.36 bits per heavy atom. The molecule has 1 aliphatic heterocycles. The monoisotopic (exact) mass is 297 g/mol. The topological polar surface area (TPSA) is 106 Å². The van der Waals surface area contributed by atoms with Gasteiger partial charge in [-0.05, 0) is 13.0 Å². The Kier molecular flexibility index (Phi) is 2.81. The Labute approximate surface area is 126 Å². The van der Waals surface area contributed by atoms with Crippen LogP contribution in [0.3, 0.4) is 0 Å². The molecule has 3 aromatic rings. The maximum absolute atomic E-state index is 6.00. The van der Waals surface area contributed by atoms with Crippen LogP contribution < -0.4 is 15.4 Å². The van der Waals surface area contributed by atoms with Crippen molar-refractivity contribution in [2.75, 3.05) is 23.8 Å². The highest BCUT2D eigenvalue weighted by molar-refractivity contribution is 5.86. The molecule has 0 aliphatic carbocycles. The summed E-state index contributed by atoms with van der Waals surface area (Å²) in [6.07, 6.45) is 3.40. The molecule has 3 aromatic heterocycles. The van der Waals surface area contributed by atoms with Gasteiger partial charge in [0.05, 0.1) is 30.2 Å². The normalized spacial score (nSPS) is 14.5. The third-order valence-electron chi connectivity index (χ3n) is 3.71. The number of fused-ring (bicyclic) bond motifs is 2. The number of aromatic amines is 1. The number of nitrogens with one attached hydrogen (secondary N) is 1. The van der Waals surface area contributed by atoms with Gasteiger partial charge in [0, 0.05) is 6.20 Å². The molecule has 22 heavy (non-hydrogen) atoms. The van der Waals surface area contributed by atoms with E-state index in [1.807, 2.05) is 13.0 Å². The summed E-state index contributed by atoms with van der Waals surface area (Å²) in [7, 11) is 0. The van der Waals surface area contributed by atoms with Crippen LogP contribution in [0.1, 0.15) is 11.4 Å². The summed E-state index contributed by atoms with van der Waals surface area (Å²) in [5.41, 5.74) is 7.62. The van der Waals surface area contributed by atoms with E-state index in [2.05, 4.69) is 30.0 Å². The lowest BCUT2D eigenvalue weighted by molar-refractivity contribution is 0.331. The molecule has 0 saturated carbocycles. The van der Waals surface area contributed by atoms with Crippen LogP contribution >= 0.6 is 0 Å². The van der Waals surface area contributed by atoms with Crippen LogP contribution in [0.5, 0.6) is 5.75 Å². The fraction of sp³-hybridized carbons (Fsp3) is 0.286. The standard InChI is InChI=1S/C14H15N7O/c1-8-18-13-9(6-17-20-13)14(19-8)21-4-5-22-11-2-3-16-12(15)10(11)7-21/h2-3,6H,4-5,7H2,1H3,(H2,15,16)(H,17,18,19,20). The molecule has 1 aliphatic rings. The van der Waals surface area contributed by atoms with Crippen molar-refractivity contribution in [3.63, 3.8) is 0 Å². The minimum Gasteiger partial charge on any atom is -0.491 e. The summed E-state index contributed by atoms with van der Waals surface area (Å²) in [4.78, 5) is 15.2. The van der Waals surface area contributed by atoms with Crippen LogP contribution in [0.15, 0.2) is 18.5 Å². The number of nitrogens with zero attached hydrogens (tertiary/aromatic N) is 5. The average Bonchev–Trinajstić information content (AvgIpc) is 2.84. The molecule has 0 aromatic carbocycles. The summed E-state index contributed by atoms with van der Waals surface area (Å²) in [6.45, 7) is 3.71. The molecule has 3 N–H and O–H groups in total. The van der Waals surface area contributed by atoms with Gasteiger partial charge < -0.3 is 15.4 Å². The molecule has 0 bridgehead atoms. The van der Waals surface area contributed by atoms with Crippen molar-refractivity contribution >= 4 is 22.7 Å². The molecule has 8 nitrogen and oxygen atoms in total. The van der Waals surface area contributed by atoms with Crippen molar-refractivity contribution in [1.29, 1.82) is 0 Å². The second-order valence-electron chi connectivity index (χ2n) is 5.17. The minimum absolute atomic E-state index is 0.485. The van der Waals surface area contributed by atoms with E-state index in [1.165, 1.54) is 0 Å². The number of hydrogen-bond donors (Lipinski definition) is 2. The van der Waals surface area contributed by atoms with Crippen LogP contribution in [0.25, 0.3) is 11.0 Å². The lowest BCUT2D eigenvalue weighted by Crippen LogP contribution is -2.27. The van der Waals surface area contributed by atoms with Gasteiger partial charge in [0.2, 0.25) is 0 Å². The smallest absolute Gasteiger partial charge is 0.161 e. The molecule has 4 heterocycles. The number of H-pyrrole nitrogens is 1. The lowest BCUT2D eigenvalue weighted by atomic mass is 10.2. The molecule has 0 fully saturated rings. The van der Waals surface area contributed by atoms with Crippen LogP contribution in [-0.4, -0.2) is 38.3 Å². The van der Waals surface area contributed by atoms with Crippen LogP contribution in [0.4, 0.5) is 11.6 Å². The van der Waals surface area contributed by atoms with E-state index in [1.54, 1.807) is 12.4 Å².